The normalized spacial score (nSPS) is 15.4. The predicted octanol–water partition coefficient (Wildman–Crippen LogP) is 2.05. The van der Waals surface area contributed by atoms with E-state index in [1.54, 1.807) is 0 Å². The van der Waals surface area contributed by atoms with Crippen LogP contribution in [0.2, 0.25) is 0 Å². The highest BCUT2D eigenvalue weighted by Crippen LogP contribution is 2.25. The highest BCUT2D eigenvalue weighted by molar-refractivity contribution is 5.99. The van der Waals surface area contributed by atoms with Crippen molar-refractivity contribution in [1.29, 1.82) is 0 Å². The lowest BCUT2D eigenvalue weighted by atomic mass is 10.2. The number of aryl methyl sites for hydroxylation is 1. The molecule has 1 aliphatic rings. The molecule has 0 saturated carbocycles. The van der Waals surface area contributed by atoms with Crippen LogP contribution in [0.5, 0.6) is 5.75 Å². The fourth-order valence-corrected chi connectivity index (χ4v) is 2.72. The fraction of sp³-hybridized carbons (Fsp3) is 0.438. The van der Waals surface area contributed by atoms with E-state index in [9.17, 15) is 4.79 Å². The van der Waals surface area contributed by atoms with Crippen molar-refractivity contribution in [2.45, 2.75) is 6.92 Å². The molecule has 112 valence electrons. The molecule has 1 aromatic heterocycles. The fourth-order valence-electron chi connectivity index (χ4n) is 2.72. The average Bonchev–Trinajstić information content (AvgIpc) is 2.84. The molecular formula is C16H20N2O3. The Kier molecular flexibility index (Phi) is 3.84. The van der Waals surface area contributed by atoms with Gasteiger partial charge in [-0.05, 0) is 31.2 Å². The van der Waals surface area contributed by atoms with Crippen molar-refractivity contribution in [3.05, 3.63) is 30.0 Å². The second-order valence-electron chi connectivity index (χ2n) is 5.15. The number of benzene rings is 1. The Hall–Kier alpha value is -2.01. The van der Waals surface area contributed by atoms with Crippen molar-refractivity contribution in [1.82, 2.24) is 9.47 Å². The van der Waals surface area contributed by atoms with Crippen molar-refractivity contribution in [3.63, 3.8) is 0 Å². The molecule has 1 saturated heterocycles. The summed E-state index contributed by atoms with van der Waals surface area (Å²) in [5.74, 6) is 0.899. The van der Waals surface area contributed by atoms with E-state index in [1.165, 1.54) is 0 Å². The lowest BCUT2D eigenvalue weighted by Crippen LogP contribution is -2.41. The highest BCUT2D eigenvalue weighted by atomic mass is 16.5. The summed E-state index contributed by atoms with van der Waals surface area (Å²) < 4.78 is 12.8. The lowest BCUT2D eigenvalue weighted by Gasteiger charge is -2.26. The number of hydrogen-bond donors (Lipinski definition) is 0. The first-order valence-electron chi connectivity index (χ1n) is 7.30. The first kappa shape index (κ1) is 13.9. The van der Waals surface area contributed by atoms with E-state index in [0.717, 1.165) is 16.7 Å². The van der Waals surface area contributed by atoms with Gasteiger partial charge in [-0.15, -0.1) is 0 Å². The maximum atomic E-state index is 12.6. The minimum Gasteiger partial charge on any atom is -0.494 e. The molecular weight excluding hydrogens is 268 g/mol. The Bertz CT molecular complexity index is 657. The van der Waals surface area contributed by atoms with E-state index in [-0.39, 0.29) is 5.91 Å². The van der Waals surface area contributed by atoms with E-state index in [1.807, 2.05) is 47.7 Å². The van der Waals surface area contributed by atoms with Crippen molar-refractivity contribution in [2.75, 3.05) is 32.9 Å². The third-order valence-electron chi connectivity index (χ3n) is 3.84. The van der Waals surface area contributed by atoms with Crippen molar-refractivity contribution >= 4 is 16.8 Å². The van der Waals surface area contributed by atoms with E-state index in [4.69, 9.17) is 9.47 Å². The molecule has 1 aromatic carbocycles. The third-order valence-corrected chi connectivity index (χ3v) is 3.84. The number of ether oxygens (including phenoxy) is 2. The van der Waals surface area contributed by atoms with Gasteiger partial charge in [-0.2, -0.15) is 0 Å². The summed E-state index contributed by atoms with van der Waals surface area (Å²) in [5.41, 5.74) is 1.75. The zero-order valence-corrected chi connectivity index (χ0v) is 12.5. The van der Waals surface area contributed by atoms with Crippen LogP contribution in [0.4, 0.5) is 0 Å². The second-order valence-corrected chi connectivity index (χ2v) is 5.15. The highest BCUT2D eigenvalue weighted by Gasteiger charge is 2.22. The molecule has 0 atom stereocenters. The van der Waals surface area contributed by atoms with E-state index < -0.39 is 0 Å². The molecule has 0 bridgehead atoms. The average molecular weight is 288 g/mol. The molecule has 2 heterocycles. The molecule has 5 nitrogen and oxygen atoms in total. The van der Waals surface area contributed by atoms with Crippen molar-refractivity contribution < 1.29 is 14.3 Å². The number of nitrogens with zero attached hydrogens (tertiary/aromatic N) is 2. The van der Waals surface area contributed by atoms with Gasteiger partial charge in [0, 0.05) is 31.0 Å². The molecule has 0 N–H and O–H groups in total. The third kappa shape index (κ3) is 2.61. The van der Waals surface area contributed by atoms with Gasteiger partial charge in [-0.3, -0.25) is 4.79 Å². The molecule has 21 heavy (non-hydrogen) atoms. The number of carbonyl (C=O) groups excluding carboxylic acids is 1. The summed E-state index contributed by atoms with van der Waals surface area (Å²) in [6.07, 6.45) is 0. The van der Waals surface area contributed by atoms with Gasteiger partial charge in [0.2, 0.25) is 0 Å². The maximum absolute atomic E-state index is 12.6. The smallest absolute Gasteiger partial charge is 0.270 e. The van der Waals surface area contributed by atoms with Gasteiger partial charge >= 0.3 is 0 Å². The van der Waals surface area contributed by atoms with Crippen LogP contribution in [-0.4, -0.2) is 48.3 Å². The van der Waals surface area contributed by atoms with Gasteiger partial charge in [0.25, 0.3) is 5.91 Å². The molecule has 0 unspecified atom stereocenters. The topological polar surface area (TPSA) is 43.7 Å². The van der Waals surface area contributed by atoms with Gasteiger partial charge < -0.3 is 18.9 Å². The second kappa shape index (κ2) is 5.77. The largest absolute Gasteiger partial charge is 0.494 e. The number of amides is 1. The van der Waals surface area contributed by atoms with Gasteiger partial charge in [0.1, 0.15) is 11.4 Å². The molecule has 0 radical (unpaired) electrons. The molecule has 2 aromatic rings. The molecule has 1 fully saturated rings. The van der Waals surface area contributed by atoms with Crippen LogP contribution in [-0.2, 0) is 11.8 Å². The van der Waals surface area contributed by atoms with Crippen molar-refractivity contribution in [2.24, 2.45) is 7.05 Å². The lowest BCUT2D eigenvalue weighted by molar-refractivity contribution is 0.0297. The van der Waals surface area contributed by atoms with Crippen LogP contribution >= 0.6 is 0 Å². The van der Waals surface area contributed by atoms with Crippen LogP contribution in [0.25, 0.3) is 10.9 Å². The number of aromatic nitrogens is 1. The summed E-state index contributed by atoms with van der Waals surface area (Å²) in [6, 6.07) is 7.86. The van der Waals surface area contributed by atoms with E-state index in [2.05, 4.69) is 0 Å². The Morgan fingerprint density at radius 3 is 2.76 bits per heavy atom. The summed E-state index contributed by atoms with van der Waals surface area (Å²) in [4.78, 5) is 14.5. The van der Waals surface area contributed by atoms with Gasteiger partial charge in [0.05, 0.1) is 19.8 Å². The Morgan fingerprint density at radius 2 is 2.05 bits per heavy atom. The first-order chi connectivity index (χ1) is 10.2. The van der Waals surface area contributed by atoms with Crippen LogP contribution in [0.1, 0.15) is 17.4 Å². The van der Waals surface area contributed by atoms with Crippen LogP contribution < -0.4 is 4.74 Å². The van der Waals surface area contributed by atoms with Gasteiger partial charge in [0.15, 0.2) is 0 Å². The first-order valence-corrected chi connectivity index (χ1v) is 7.30. The Morgan fingerprint density at radius 1 is 1.29 bits per heavy atom. The van der Waals surface area contributed by atoms with Crippen molar-refractivity contribution in [3.8, 4) is 5.75 Å². The van der Waals surface area contributed by atoms with Crippen LogP contribution in [0.15, 0.2) is 24.3 Å². The molecule has 0 spiro atoms. The summed E-state index contributed by atoms with van der Waals surface area (Å²) in [6.45, 7) is 5.14. The van der Waals surface area contributed by atoms with Gasteiger partial charge in [-0.1, -0.05) is 0 Å². The summed E-state index contributed by atoms with van der Waals surface area (Å²) in [5, 5.41) is 1.03. The standard InChI is InChI=1S/C16H20N2O3/c1-3-21-13-4-5-14-12(10-13)11-15(17(14)2)16(19)18-6-8-20-9-7-18/h4-5,10-11H,3,6-9H2,1-2H3. The number of carbonyl (C=O) groups is 1. The Labute approximate surface area is 124 Å². The quantitative estimate of drug-likeness (QED) is 0.868. The number of rotatable bonds is 3. The molecule has 0 aliphatic carbocycles. The SMILES string of the molecule is CCOc1ccc2c(c1)cc(C(=O)N1CCOCC1)n2C. The minimum absolute atomic E-state index is 0.0648. The molecule has 3 rings (SSSR count). The predicted molar refractivity (Wildman–Crippen MR) is 80.8 cm³/mol. The maximum Gasteiger partial charge on any atom is 0.270 e. The van der Waals surface area contributed by atoms with Crippen LogP contribution in [0.3, 0.4) is 0 Å². The number of morpholine rings is 1. The van der Waals surface area contributed by atoms with E-state index >= 15 is 0 Å². The molecule has 1 aliphatic heterocycles. The summed E-state index contributed by atoms with van der Waals surface area (Å²) >= 11 is 0. The Balaban J connectivity index is 1.94. The monoisotopic (exact) mass is 288 g/mol. The number of fused-ring (bicyclic) bond motifs is 1. The minimum atomic E-state index is 0.0648. The number of hydrogen-bond acceptors (Lipinski definition) is 3. The van der Waals surface area contributed by atoms with Gasteiger partial charge in [-0.25, -0.2) is 0 Å². The van der Waals surface area contributed by atoms with E-state index in [0.29, 0.717) is 38.6 Å². The zero-order valence-electron chi connectivity index (χ0n) is 12.5. The molecule has 5 heteroatoms. The molecule has 1 amide bonds. The summed E-state index contributed by atoms with van der Waals surface area (Å²) in [7, 11) is 1.93. The zero-order chi connectivity index (χ0) is 14.8. The van der Waals surface area contributed by atoms with Crippen LogP contribution in [0, 0.1) is 0 Å².